The lowest BCUT2D eigenvalue weighted by atomic mass is 9.79. The van der Waals surface area contributed by atoms with Gasteiger partial charge in [-0.1, -0.05) is 0 Å². The number of rotatable bonds is 1. The molecule has 0 unspecified atom stereocenters. The van der Waals surface area contributed by atoms with Gasteiger partial charge in [-0.2, -0.15) is 0 Å². The van der Waals surface area contributed by atoms with Crippen LogP contribution in [0.2, 0.25) is 0 Å². The molecule has 1 saturated heterocycles. The predicted molar refractivity (Wildman–Crippen MR) is 67.3 cm³/mol. The van der Waals surface area contributed by atoms with Gasteiger partial charge in [-0.05, 0) is 40.5 Å². The van der Waals surface area contributed by atoms with Crippen molar-refractivity contribution in [2.24, 2.45) is 0 Å². The third kappa shape index (κ3) is 2.41. The van der Waals surface area contributed by atoms with Crippen LogP contribution in [0.1, 0.15) is 46.6 Å². The first-order valence-corrected chi connectivity index (χ1v) is 6.09. The van der Waals surface area contributed by atoms with Crippen molar-refractivity contribution < 1.29 is 10.2 Å². The first-order valence-electron chi connectivity index (χ1n) is 6.09. The van der Waals surface area contributed by atoms with E-state index < -0.39 is 0 Å². The molecule has 2 rings (SSSR count). The van der Waals surface area contributed by atoms with Crippen LogP contribution in [-0.2, 0) is 0 Å². The Bertz CT molecular complexity index is 386. The van der Waals surface area contributed by atoms with E-state index in [4.69, 9.17) is 0 Å². The molecule has 1 aliphatic heterocycles. The van der Waals surface area contributed by atoms with Gasteiger partial charge in [0, 0.05) is 29.3 Å². The average Bonchev–Trinajstić information content (AvgIpc) is 2.40. The Hall–Kier alpha value is -1.16. The van der Waals surface area contributed by atoms with Crippen molar-refractivity contribution in [3.8, 4) is 11.8 Å². The first kappa shape index (κ1) is 12.3. The van der Waals surface area contributed by atoms with Gasteiger partial charge in [-0.15, -0.1) is 0 Å². The van der Waals surface area contributed by atoms with Gasteiger partial charge in [-0.25, -0.2) is 0 Å². The van der Waals surface area contributed by atoms with E-state index >= 15 is 0 Å². The molecule has 1 aromatic rings. The Morgan fingerprint density at radius 2 is 1.47 bits per heavy atom. The number of hydrogen-bond acceptors (Lipinski definition) is 3. The van der Waals surface area contributed by atoms with E-state index in [1.54, 1.807) is 4.57 Å². The number of nitrogens with zero attached hydrogens (tertiary/aromatic N) is 1. The van der Waals surface area contributed by atoms with Crippen molar-refractivity contribution >= 4 is 0 Å². The molecule has 0 aromatic carbocycles. The zero-order chi connectivity index (χ0) is 12.8. The number of hydrogen-bond donors (Lipinski definition) is 3. The highest BCUT2D eigenvalue weighted by Crippen LogP contribution is 2.40. The number of piperidine rings is 1. The highest BCUT2D eigenvalue weighted by Gasteiger charge is 2.39. The predicted octanol–water partition coefficient (Wildman–Crippen LogP) is 2.38. The molecular weight excluding hydrogens is 216 g/mol. The van der Waals surface area contributed by atoms with Gasteiger partial charge in [0.25, 0.3) is 0 Å². The number of aromatic hydroxyl groups is 2. The second kappa shape index (κ2) is 3.67. The lowest BCUT2D eigenvalue weighted by Gasteiger charge is -2.47. The normalized spacial score (nSPS) is 23.8. The van der Waals surface area contributed by atoms with Gasteiger partial charge in [0.05, 0.1) is 0 Å². The average molecular weight is 238 g/mol. The summed E-state index contributed by atoms with van der Waals surface area (Å²) in [4.78, 5) is 0. The second-order valence-electron chi connectivity index (χ2n) is 6.37. The molecule has 0 saturated carbocycles. The Morgan fingerprint density at radius 3 is 1.88 bits per heavy atom. The van der Waals surface area contributed by atoms with Crippen LogP contribution in [0.5, 0.6) is 11.8 Å². The maximum atomic E-state index is 9.81. The molecule has 1 fully saturated rings. The Labute approximate surface area is 102 Å². The van der Waals surface area contributed by atoms with Crippen LogP contribution < -0.4 is 5.32 Å². The van der Waals surface area contributed by atoms with Crippen LogP contribution in [0.4, 0.5) is 0 Å². The third-order valence-corrected chi connectivity index (χ3v) is 3.41. The smallest absolute Gasteiger partial charge is 0.194 e. The molecule has 0 bridgehead atoms. The summed E-state index contributed by atoms with van der Waals surface area (Å²) in [6.45, 7) is 8.61. The van der Waals surface area contributed by atoms with Crippen molar-refractivity contribution in [2.75, 3.05) is 0 Å². The molecule has 2 heterocycles. The van der Waals surface area contributed by atoms with Crippen LogP contribution in [0.25, 0.3) is 0 Å². The van der Waals surface area contributed by atoms with E-state index in [0.29, 0.717) is 0 Å². The molecule has 1 aromatic heterocycles. The van der Waals surface area contributed by atoms with Crippen LogP contribution in [-0.4, -0.2) is 25.9 Å². The van der Waals surface area contributed by atoms with Gasteiger partial charge in [0.15, 0.2) is 11.8 Å². The van der Waals surface area contributed by atoms with Crippen LogP contribution in [0.3, 0.4) is 0 Å². The largest absolute Gasteiger partial charge is 0.494 e. The minimum atomic E-state index is -0.00440. The van der Waals surface area contributed by atoms with Crippen molar-refractivity contribution in [3.05, 3.63) is 12.1 Å². The topological polar surface area (TPSA) is 57.4 Å². The Morgan fingerprint density at radius 1 is 1.06 bits per heavy atom. The lowest BCUT2D eigenvalue weighted by Crippen LogP contribution is -2.57. The molecule has 0 atom stereocenters. The first-order chi connectivity index (χ1) is 7.70. The molecule has 4 heteroatoms. The zero-order valence-corrected chi connectivity index (χ0v) is 11.0. The number of nitrogens with one attached hydrogen (secondary N) is 1. The quantitative estimate of drug-likeness (QED) is 0.704. The zero-order valence-electron chi connectivity index (χ0n) is 11.0. The molecule has 0 amide bonds. The Kier molecular flexibility index (Phi) is 2.65. The Balaban J connectivity index is 2.33. The maximum Gasteiger partial charge on any atom is 0.194 e. The molecule has 0 aliphatic carbocycles. The van der Waals surface area contributed by atoms with E-state index in [1.165, 1.54) is 12.1 Å². The molecular formula is C13H22N2O2. The van der Waals surface area contributed by atoms with E-state index in [9.17, 15) is 10.2 Å². The standard InChI is InChI=1S/C13H22N2O2/c1-12(2)7-9(8-13(3,4)14-12)15-10(16)5-6-11(15)17/h5-6,9,14,16-17H,7-8H2,1-4H3. The monoisotopic (exact) mass is 238 g/mol. The SMILES string of the molecule is CC1(C)CC(n2c(O)ccc2O)CC(C)(C)N1. The highest BCUT2D eigenvalue weighted by molar-refractivity contribution is 5.25. The van der Waals surface area contributed by atoms with Crippen molar-refractivity contribution in [2.45, 2.75) is 57.7 Å². The number of aromatic nitrogens is 1. The summed E-state index contributed by atoms with van der Waals surface area (Å²) in [7, 11) is 0. The summed E-state index contributed by atoms with van der Waals surface area (Å²) >= 11 is 0. The highest BCUT2D eigenvalue weighted by atomic mass is 16.3. The molecule has 0 radical (unpaired) electrons. The van der Waals surface area contributed by atoms with Gasteiger partial charge in [0.2, 0.25) is 0 Å². The lowest BCUT2D eigenvalue weighted by molar-refractivity contribution is 0.123. The van der Waals surface area contributed by atoms with Crippen LogP contribution >= 0.6 is 0 Å². The van der Waals surface area contributed by atoms with Crippen molar-refractivity contribution in [3.63, 3.8) is 0 Å². The van der Waals surface area contributed by atoms with Gasteiger partial charge < -0.3 is 15.5 Å². The molecule has 96 valence electrons. The summed E-state index contributed by atoms with van der Waals surface area (Å²) in [6, 6.07) is 3.20. The van der Waals surface area contributed by atoms with Crippen LogP contribution in [0, 0.1) is 0 Å². The molecule has 3 N–H and O–H groups in total. The maximum absolute atomic E-state index is 9.81. The summed E-state index contributed by atoms with van der Waals surface area (Å²) < 4.78 is 1.63. The minimum Gasteiger partial charge on any atom is -0.494 e. The molecule has 4 nitrogen and oxygen atoms in total. The molecule has 1 aliphatic rings. The minimum absolute atomic E-state index is 0.00440. The van der Waals surface area contributed by atoms with Gasteiger partial charge in [-0.3, -0.25) is 4.57 Å². The van der Waals surface area contributed by atoms with Crippen molar-refractivity contribution in [1.82, 2.24) is 9.88 Å². The fourth-order valence-corrected chi connectivity index (χ4v) is 3.25. The summed E-state index contributed by atoms with van der Waals surface area (Å²) in [6.07, 6.45) is 1.76. The second-order valence-corrected chi connectivity index (χ2v) is 6.37. The fraction of sp³-hybridized carbons (Fsp3) is 0.692. The van der Waals surface area contributed by atoms with Gasteiger partial charge >= 0.3 is 0 Å². The van der Waals surface area contributed by atoms with Crippen molar-refractivity contribution in [1.29, 1.82) is 0 Å². The molecule has 17 heavy (non-hydrogen) atoms. The molecule has 0 spiro atoms. The third-order valence-electron chi connectivity index (χ3n) is 3.41. The van der Waals surface area contributed by atoms with E-state index in [0.717, 1.165) is 12.8 Å². The van der Waals surface area contributed by atoms with Crippen LogP contribution in [0.15, 0.2) is 12.1 Å². The summed E-state index contributed by atoms with van der Waals surface area (Å²) in [5, 5.41) is 23.2. The van der Waals surface area contributed by atoms with E-state index in [-0.39, 0.29) is 28.9 Å². The van der Waals surface area contributed by atoms with Gasteiger partial charge in [0.1, 0.15) is 0 Å². The fourth-order valence-electron chi connectivity index (χ4n) is 3.25. The van der Waals surface area contributed by atoms with E-state index in [1.807, 2.05) is 0 Å². The van der Waals surface area contributed by atoms with E-state index in [2.05, 4.69) is 33.0 Å². The summed E-state index contributed by atoms with van der Waals surface area (Å²) in [5.41, 5.74) is -0.00880. The summed E-state index contributed by atoms with van der Waals surface area (Å²) in [5.74, 6) is 0.280.